The van der Waals surface area contributed by atoms with Gasteiger partial charge in [-0.2, -0.15) is 0 Å². The van der Waals surface area contributed by atoms with Crippen molar-refractivity contribution in [1.29, 1.82) is 0 Å². The van der Waals surface area contributed by atoms with Gasteiger partial charge in [-0.15, -0.1) is 0 Å². The van der Waals surface area contributed by atoms with Crippen LogP contribution in [0.4, 0.5) is 0 Å². The summed E-state index contributed by atoms with van der Waals surface area (Å²) in [5.41, 5.74) is 24.9. The topological polar surface area (TPSA) is 97.5 Å². The molecule has 0 atom stereocenters. The van der Waals surface area contributed by atoms with E-state index >= 15 is 0 Å². The SMILES string of the molecule is Cc1cc(C)c([Se](N=[N+]=[N-])(N=[N+]=[N-])c2c(C)cc(C)cc2C)c(C)c1. The average Bonchev–Trinajstić information content (AvgIpc) is 2.45. The molecule has 0 aromatic heterocycles. The maximum absolute atomic E-state index is 9.34. The van der Waals surface area contributed by atoms with E-state index in [2.05, 4.69) is 18.1 Å². The first kappa shape index (κ1) is 18.9. The van der Waals surface area contributed by atoms with Crippen LogP contribution in [0.5, 0.6) is 0 Å². The van der Waals surface area contributed by atoms with Crippen molar-refractivity contribution in [2.24, 2.45) is 8.26 Å². The molecule has 25 heavy (non-hydrogen) atoms. The van der Waals surface area contributed by atoms with Crippen molar-refractivity contribution >= 4 is 22.2 Å². The molecule has 2 aromatic carbocycles. The van der Waals surface area contributed by atoms with Crippen molar-refractivity contribution in [1.82, 2.24) is 0 Å². The van der Waals surface area contributed by atoms with Gasteiger partial charge in [0.1, 0.15) is 0 Å². The summed E-state index contributed by atoms with van der Waals surface area (Å²) in [5, 5.41) is 0. The number of nitrogens with zero attached hydrogens (tertiary/aromatic N) is 6. The summed E-state index contributed by atoms with van der Waals surface area (Å²) in [6.45, 7) is 12.0. The molecule has 2 rings (SSSR count). The number of hydrogen-bond acceptors (Lipinski definition) is 2. The fourth-order valence-electron chi connectivity index (χ4n) is 3.62. The van der Waals surface area contributed by atoms with E-state index in [1.54, 1.807) is 0 Å². The van der Waals surface area contributed by atoms with Crippen LogP contribution >= 0.6 is 0 Å². The van der Waals surface area contributed by atoms with Gasteiger partial charge in [-0.1, -0.05) is 0 Å². The summed E-state index contributed by atoms with van der Waals surface area (Å²) in [4.78, 5) is 6.24. The van der Waals surface area contributed by atoms with Crippen molar-refractivity contribution in [2.75, 3.05) is 0 Å². The van der Waals surface area contributed by atoms with E-state index < -0.39 is 13.3 Å². The Morgan fingerprint density at radius 2 is 0.920 bits per heavy atom. The molecule has 130 valence electrons. The molecule has 2 aromatic rings. The van der Waals surface area contributed by atoms with Crippen LogP contribution in [0.25, 0.3) is 20.9 Å². The summed E-state index contributed by atoms with van der Waals surface area (Å²) >= 11 is -3.59. The van der Waals surface area contributed by atoms with Crippen LogP contribution in [0, 0.1) is 41.5 Å². The Morgan fingerprint density at radius 3 is 1.16 bits per heavy atom. The standard InChI is InChI=1S/C18H22N6Se/c1-11-7-13(3)17(14(4)8-11)25(23-21-19,24-22-20)18-15(5)9-12(2)10-16(18)6/h7-10H,1-6H3. The van der Waals surface area contributed by atoms with Crippen molar-refractivity contribution in [2.45, 2.75) is 41.5 Å². The first-order valence-corrected chi connectivity index (χ1v) is 11.1. The van der Waals surface area contributed by atoms with Gasteiger partial charge in [0.2, 0.25) is 0 Å². The third kappa shape index (κ3) is 3.37. The Hall–Kier alpha value is -2.42. The van der Waals surface area contributed by atoms with E-state index in [0.717, 1.165) is 42.3 Å². The Bertz CT molecular complexity index is 813. The van der Waals surface area contributed by atoms with Crippen molar-refractivity contribution in [3.05, 3.63) is 78.5 Å². The summed E-state index contributed by atoms with van der Waals surface area (Å²) in [7, 11) is 0. The zero-order valence-corrected chi connectivity index (χ0v) is 17.1. The van der Waals surface area contributed by atoms with E-state index in [4.69, 9.17) is 0 Å². The molecular weight excluding hydrogens is 379 g/mol. The second-order valence-electron chi connectivity index (χ2n) is 6.35. The van der Waals surface area contributed by atoms with Crippen molar-refractivity contribution in [3.63, 3.8) is 0 Å². The minimum absolute atomic E-state index is 0.896. The number of azide groups is 1. The van der Waals surface area contributed by atoms with Crippen LogP contribution < -0.4 is 8.92 Å². The molecule has 0 heterocycles. The first-order chi connectivity index (χ1) is 11.8. The Labute approximate surface area is 150 Å². The summed E-state index contributed by atoms with van der Waals surface area (Å²) < 4.78 is 10.2. The third-order valence-electron chi connectivity index (χ3n) is 4.09. The molecule has 0 aliphatic rings. The zero-order chi connectivity index (χ0) is 18.8. The van der Waals surface area contributed by atoms with Gasteiger partial charge in [0, 0.05) is 0 Å². The molecule has 0 spiro atoms. The second-order valence-corrected chi connectivity index (χ2v) is 11.0. The van der Waals surface area contributed by atoms with Gasteiger partial charge < -0.3 is 0 Å². The van der Waals surface area contributed by atoms with Crippen LogP contribution in [-0.4, -0.2) is 13.3 Å². The average molecular weight is 401 g/mol. The molecule has 0 radical (unpaired) electrons. The second kappa shape index (κ2) is 7.22. The quantitative estimate of drug-likeness (QED) is 0.307. The Kier molecular flexibility index (Phi) is 5.46. The molecule has 6 nitrogen and oxygen atoms in total. The van der Waals surface area contributed by atoms with Gasteiger partial charge in [-0.05, 0) is 0 Å². The summed E-state index contributed by atoms with van der Waals surface area (Å²) in [5.74, 6) is 0. The fraction of sp³-hybridized carbons (Fsp3) is 0.333. The van der Waals surface area contributed by atoms with Gasteiger partial charge >= 0.3 is 151 Å². The number of hydrogen-bond donors (Lipinski definition) is 0. The summed E-state index contributed by atoms with van der Waals surface area (Å²) in [6.07, 6.45) is 0. The van der Waals surface area contributed by atoms with Crippen molar-refractivity contribution in [3.8, 4) is 0 Å². The normalized spacial score (nSPS) is 11.4. The monoisotopic (exact) mass is 402 g/mol. The molecular formula is C18H22N6Se. The van der Waals surface area contributed by atoms with Gasteiger partial charge in [-0.3, -0.25) is 0 Å². The molecule has 0 N–H and O–H groups in total. The van der Waals surface area contributed by atoms with Gasteiger partial charge in [-0.25, -0.2) is 0 Å². The van der Waals surface area contributed by atoms with Gasteiger partial charge in [0.15, 0.2) is 0 Å². The Balaban J connectivity index is 3.06. The van der Waals surface area contributed by atoms with Crippen LogP contribution in [0.3, 0.4) is 0 Å². The van der Waals surface area contributed by atoms with E-state index in [1.165, 1.54) is 0 Å². The molecule has 0 saturated heterocycles. The van der Waals surface area contributed by atoms with Crippen LogP contribution in [-0.2, 0) is 0 Å². The molecule has 0 aliphatic carbocycles. The molecule has 0 aliphatic heterocycles. The maximum atomic E-state index is 9.34. The predicted octanol–water partition coefficient (Wildman–Crippen LogP) is 4.71. The minimum atomic E-state index is -3.59. The third-order valence-corrected chi connectivity index (χ3v) is 10.5. The van der Waals surface area contributed by atoms with Crippen molar-refractivity contribution < 1.29 is 0 Å². The molecule has 0 unspecified atom stereocenters. The summed E-state index contributed by atoms with van der Waals surface area (Å²) in [6, 6.07) is 8.19. The number of rotatable bonds is 4. The molecule has 0 fully saturated rings. The number of benzene rings is 2. The van der Waals surface area contributed by atoms with E-state index in [0.29, 0.717) is 0 Å². The van der Waals surface area contributed by atoms with Crippen LogP contribution in [0.15, 0.2) is 32.5 Å². The van der Waals surface area contributed by atoms with E-state index in [9.17, 15) is 11.1 Å². The molecule has 0 saturated carbocycles. The van der Waals surface area contributed by atoms with Gasteiger partial charge in [0.05, 0.1) is 0 Å². The van der Waals surface area contributed by atoms with Gasteiger partial charge in [0.25, 0.3) is 0 Å². The van der Waals surface area contributed by atoms with Crippen LogP contribution in [0.2, 0.25) is 0 Å². The zero-order valence-electron chi connectivity index (χ0n) is 15.4. The fourth-order valence-corrected chi connectivity index (χ4v) is 9.51. The van der Waals surface area contributed by atoms with E-state index in [-0.39, 0.29) is 0 Å². The molecule has 0 bridgehead atoms. The van der Waals surface area contributed by atoms with E-state index in [1.807, 2.05) is 65.8 Å². The Morgan fingerprint density at radius 1 is 0.640 bits per heavy atom. The predicted molar refractivity (Wildman–Crippen MR) is 105 cm³/mol. The van der Waals surface area contributed by atoms with Crippen LogP contribution in [0.1, 0.15) is 33.4 Å². The first-order valence-electron chi connectivity index (χ1n) is 7.88. The molecule has 0 amide bonds. The number of aryl methyl sites for hydroxylation is 6. The molecule has 7 heteroatoms.